The summed E-state index contributed by atoms with van der Waals surface area (Å²) in [5.74, 6) is -2.36. The zero-order valence-corrected chi connectivity index (χ0v) is 11.7. The van der Waals surface area contributed by atoms with Crippen LogP contribution in [-0.2, 0) is 9.59 Å². The van der Waals surface area contributed by atoms with Crippen molar-refractivity contribution < 1.29 is 24.6 Å². The minimum absolute atomic E-state index is 0.164. The molecule has 1 unspecified atom stereocenters. The highest BCUT2D eigenvalue weighted by molar-refractivity contribution is 5.94. The molecule has 1 aromatic carbocycles. The number of amides is 2. The average Bonchev–Trinajstić information content (AvgIpc) is 2.44. The number of hydrogen-bond donors (Lipinski definition) is 3. The van der Waals surface area contributed by atoms with E-state index >= 15 is 0 Å². The number of urea groups is 1. The van der Waals surface area contributed by atoms with E-state index in [2.05, 4.69) is 5.32 Å². The molecule has 21 heavy (non-hydrogen) atoms. The van der Waals surface area contributed by atoms with Crippen LogP contribution in [0, 0.1) is 0 Å². The van der Waals surface area contributed by atoms with Crippen molar-refractivity contribution >= 4 is 23.7 Å². The Bertz CT molecular complexity index is 503. The van der Waals surface area contributed by atoms with Crippen LogP contribution in [0.3, 0.4) is 0 Å². The molecule has 7 heteroatoms. The molecule has 7 nitrogen and oxygen atoms in total. The van der Waals surface area contributed by atoms with Crippen molar-refractivity contribution in [2.45, 2.75) is 25.8 Å². The number of nitrogens with one attached hydrogen (secondary N) is 1. The number of hydrogen-bond acceptors (Lipinski definition) is 3. The molecule has 0 heterocycles. The van der Waals surface area contributed by atoms with Crippen LogP contribution in [0.15, 0.2) is 30.3 Å². The number of nitrogens with zero attached hydrogens (tertiary/aromatic N) is 1. The molecule has 0 bridgehead atoms. The molecule has 0 saturated carbocycles. The Morgan fingerprint density at radius 3 is 2.29 bits per heavy atom. The molecule has 3 N–H and O–H groups in total. The fourth-order valence-corrected chi connectivity index (χ4v) is 1.80. The van der Waals surface area contributed by atoms with Crippen LogP contribution in [0.25, 0.3) is 0 Å². The quantitative estimate of drug-likeness (QED) is 0.707. The standard InChI is InChI=1S/C14H18N2O5/c1-2-16(10-6-4-3-5-7-10)14(21)15-11(13(19)20)8-9-12(17)18/h3-7,11H,2,8-9H2,1H3,(H,15,21)(H,17,18)(H,19,20). The lowest BCUT2D eigenvalue weighted by Gasteiger charge is -2.23. The summed E-state index contributed by atoms with van der Waals surface area (Å²) >= 11 is 0. The lowest BCUT2D eigenvalue weighted by molar-refractivity contribution is -0.140. The molecular weight excluding hydrogens is 276 g/mol. The van der Waals surface area contributed by atoms with Crippen LogP contribution in [0.4, 0.5) is 10.5 Å². The fraction of sp³-hybridized carbons (Fsp3) is 0.357. The summed E-state index contributed by atoms with van der Waals surface area (Å²) in [4.78, 5) is 35.1. The predicted octanol–water partition coefficient (Wildman–Crippen LogP) is 1.54. The van der Waals surface area contributed by atoms with Gasteiger partial charge in [0.1, 0.15) is 6.04 Å². The van der Waals surface area contributed by atoms with Gasteiger partial charge in [-0.25, -0.2) is 9.59 Å². The summed E-state index contributed by atoms with van der Waals surface area (Å²) in [6.45, 7) is 2.13. The van der Waals surface area contributed by atoms with Crippen molar-refractivity contribution in [3.05, 3.63) is 30.3 Å². The Morgan fingerprint density at radius 1 is 1.19 bits per heavy atom. The van der Waals surface area contributed by atoms with Gasteiger partial charge in [0, 0.05) is 18.7 Å². The first-order valence-corrected chi connectivity index (χ1v) is 6.53. The normalized spacial score (nSPS) is 11.5. The Morgan fingerprint density at radius 2 is 1.81 bits per heavy atom. The van der Waals surface area contributed by atoms with Crippen molar-refractivity contribution in [2.75, 3.05) is 11.4 Å². The number of benzene rings is 1. The van der Waals surface area contributed by atoms with Gasteiger partial charge in [-0.15, -0.1) is 0 Å². The Balaban J connectivity index is 2.75. The van der Waals surface area contributed by atoms with Gasteiger partial charge in [-0.2, -0.15) is 0 Å². The van der Waals surface area contributed by atoms with E-state index in [0.29, 0.717) is 12.2 Å². The van der Waals surface area contributed by atoms with E-state index in [4.69, 9.17) is 10.2 Å². The summed E-state index contributed by atoms with van der Waals surface area (Å²) in [5.41, 5.74) is 0.639. The number of anilines is 1. The highest BCUT2D eigenvalue weighted by Crippen LogP contribution is 2.13. The number of carboxylic acid groups (broad SMARTS) is 2. The fourth-order valence-electron chi connectivity index (χ4n) is 1.80. The third kappa shape index (κ3) is 5.13. The van der Waals surface area contributed by atoms with Crippen molar-refractivity contribution in [1.82, 2.24) is 5.32 Å². The molecule has 1 aromatic rings. The second-order valence-electron chi connectivity index (χ2n) is 4.35. The largest absolute Gasteiger partial charge is 0.481 e. The zero-order chi connectivity index (χ0) is 15.8. The van der Waals surface area contributed by atoms with E-state index in [1.165, 1.54) is 4.90 Å². The van der Waals surface area contributed by atoms with Gasteiger partial charge in [-0.05, 0) is 25.5 Å². The molecular formula is C14H18N2O5. The number of carbonyl (C=O) groups excluding carboxylic acids is 1. The lowest BCUT2D eigenvalue weighted by Crippen LogP contribution is -2.48. The van der Waals surface area contributed by atoms with Crippen LogP contribution in [0.5, 0.6) is 0 Å². The SMILES string of the molecule is CCN(C(=O)NC(CCC(=O)O)C(=O)O)c1ccccc1. The molecule has 0 aliphatic heterocycles. The third-order valence-corrected chi connectivity index (χ3v) is 2.87. The lowest BCUT2D eigenvalue weighted by atomic mass is 10.1. The molecule has 0 aromatic heterocycles. The van der Waals surface area contributed by atoms with Crippen LogP contribution in [-0.4, -0.2) is 40.8 Å². The topological polar surface area (TPSA) is 107 Å². The summed E-state index contributed by atoms with van der Waals surface area (Å²) in [5, 5.41) is 20.0. The van der Waals surface area contributed by atoms with E-state index in [1.807, 2.05) is 6.07 Å². The van der Waals surface area contributed by atoms with Gasteiger partial charge in [0.2, 0.25) is 0 Å². The van der Waals surface area contributed by atoms with Crippen LogP contribution in [0.1, 0.15) is 19.8 Å². The van der Waals surface area contributed by atoms with Crippen molar-refractivity contribution in [2.24, 2.45) is 0 Å². The highest BCUT2D eigenvalue weighted by Gasteiger charge is 2.23. The van der Waals surface area contributed by atoms with Crippen molar-refractivity contribution in [1.29, 1.82) is 0 Å². The van der Waals surface area contributed by atoms with Crippen molar-refractivity contribution in [3.8, 4) is 0 Å². The smallest absolute Gasteiger partial charge is 0.326 e. The summed E-state index contributed by atoms with van der Waals surface area (Å²) in [7, 11) is 0. The zero-order valence-electron chi connectivity index (χ0n) is 11.7. The molecule has 0 spiro atoms. The molecule has 1 rings (SSSR count). The van der Waals surface area contributed by atoms with Gasteiger partial charge >= 0.3 is 18.0 Å². The van der Waals surface area contributed by atoms with Crippen LogP contribution in [0.2, 0.25) is 0 Å². The second-order valence-corrected chi connectivity index (χ2v) is 4.35. The maximum Gasteiger partial charge on any atom is 0.326 e. The van der Waals surface area contributed by atoms with Crippen molar-refractivity contribution in [3.63, 3.8) is 0 Å². The molecule has 0 aliphatic carbocycles. The third-order valence-electron chi connectivity index (χ3n) is 2.87. The maximum atomic E-state index is 12.1. The molecule has 1 atom stereocenters. The van der Waals surface area contributed by atoms with Gasteiger partial charge in [-0.1, -0.05) is 18.2 Å². The monoisotopic (exact) mass is 294 g/mol. The number of aliphatic carboxylic acids is 2. The van der Waals surface area contributed by atoms with Gasteiger partial charge in [0.25, 0.3) is 0 Å². The summed E-state index contributed by atoms with van der Waals surface area (Å²) in [6.07, 6.45) is -0.489. The van der Waals surface area contributed by atoms with E-state index < -0.39 is 24.0 Å². The van der Waals surface area contributed by atoms with E-state index in [0.717, 1.165) is 0 Å². The number of carbonyl (C=O) groups is 3. The van der Waals surface area contributed by atoms with Gasteiger partial charge in [-0.3, -0.25) is 9.69 Å². The number of rotatable bonds is 7. The van der Waals surface area contributed by atoms with E-state index in [1.54, 1.807) is 31.2 Å². The first kappa shape index (κ1) is 16.5. The van der Waals surface area contributed by atoms with E-state index in [-0.39, 0.29) is 12.8 Å². The molecule has 0 saturated heterocycles. The molecule has 0 radical (unpaired) electrons. The molecule has 0 fully saturated rings. The Kier molecular flexibility index (Phi) is 6.19. The average molecular weight is 294 g/mol. The molecule has 0 aliphatic rings. The van der Waals surface area contributed by atoms with E-state index in [9.17, 15) is 14.4 Å². The molecule has 2 amide bonds. The van der Waals surface area contributed by atoms with Gasteiger partial charge in [0.05, 0.1) is 0 Å². The number of carboxylic acids is 2. The molecule has 114 valence electrons. The second kappa shape index (κ2) is 7.88. The number of para-hydroxylation sites is 1. The van der Waals surface area contributed by atoms with Gasteiger partial charge < -0.3 is 15.5 Å². The van der Waals surface area contributed by atoms with Gasteiger partial charge in [0.15, 0.2) is 0 Å². The summed E-state index contributed by atoms with van der Waals surface area (Å²) < 4.78 is 0. The maximum absolute atomic E-state index is 12.1. The Hall–Kier alpha value is -2.57. The Labute approximate surface area is 122 Å². The predicted molar refractivity (Wildman–Crippen MR) is 76.3 cm³/mol. The minimum Gasteiger partial charge on any atom is -0.481 e. The van der Waals surface area contributed by atoms with Crippen LogP contribution >= 0.6 is 0 Å². The first-order chi connectivity index (χ1) is 9.95. The highest BCUT2D eigenvalue weighted by atomic mass is 16.4. The summed E-state index contributed by atoms with van der Waals surface area (Å²) in [6, 6.07) is 7.01. The minimum atomic E-state index is -1.26. The van der Waals surface area contributed by atoms with Crippen LogP contribution < -0.4 is 10.2 Å². The first-order valence-electron chi connectivity index (χ1n) is 6.53.